The van der Waals surface area contributed by atoms with Gasteiger partial charge in [0.15, 0.2) is 0 Å². The molecule has 28 heavy (non-hydrogen) atoms. The van der Waals surface area contributed by atoms with Crippen LogP contribution < -0.4 is 16.0 Å². The van der Waals surface area contributed by atoms with Gasteiger partial charge in [0.25, 0.3) is 5.91 Å². The van der Waals surface area contributed by atoms with E-state index in [1.54, 1.807) is 18.2 Å². The van der Waals surface area contributed by atoms with E-state index in [4.69, 9.17) is 5.73 Å². The fourth-order valence-electron chi connectivity index (χ4n) is 2.96. The van der Waals surface area contributed by atoms with Gasteiger partial charge in [-0.05, 0) is 68.3 Å². The Morgan fingerprint density at radius 3 is 2.57 bits per heavy atom. The largest absolute Gasteiger partial charge is 0.507 e. The Labute approximate surface area is 164 Å². The zero-order valence-corrected chi connectivity index (χ0v) is 16.2. The summed E-state index contributed by atoms with van der Waals surface area (Å²) in [6.45, 7) is 3.16. The number of aliphatic hydroxyl groups excluding tert-OH is 1. The van der Waals surface area contributed by atoms with Gasteiger partial charge in [0.2, 0.25) is 0 Å². The maximum Gasteiger partial charge on any atom is 0.252 e. The van der Waals surface area contributed by atoms with Crippen LogP contribution in [0.15, 0.2) is 42.5 Å². The first-order valence-corrected chi connectivity index (χ1v) is 9.29. The highest BCUT2D eigenvalue weighted by Gasteiger charge is 2.14. The summed E-state index contributed by atoms with van der Waals surface area (Å²) in [5.41, 5.74) is 6.69. The van der Waals surface area contributed by atoms with Crippen LogP contribution in [0.2, 0.25) is 0 Å². The highest BCUT2D eigenvalue weighted by molar-refractivity contribution is 5.95. The molecule has 2 unspecified atom stereocenters. The summed E-state index contributed by atoms with van der Waals surface area (Å²) in [6, 6.07) is 11.0. The first kappa shape index (κ1) is 21.7. The predicted molar refractivity (Wildman–Crippen MR) is 108 cm³/mol. The zero-order chi connectivity index (χ0) is 20.7. The first-order chi connectivity index (χ1) is 13.3. The van der Waals surface area contributed by atoms with Gasteiger partial charge < -0.3 is 26.2 Å². The molecule has 0 aliphatic heterocycles. The molecule has 0 aliphatic rings. The normalized spacial score (nSPS) is 13.1. The number of carbonyl (C=O) groups is 1. The molecule has 0 aliphatic carbocycles. The van der Waals surface area contributed by atoms with Crippen LogP contribution in [0, 0.1) is 5.82 Å². The van der Waals surface area contributed by atoms with Gasteiger partial charge in [0.1, 0.15) is 11.6 Å². The maximum atomic E-state index is 13.0. The molecule has 7 heteroatoms. The minimum atomic E-state index is -0.807. The molecule has 1 amide bonds. The van der Waals surface area contributed by atoms with Gasteiger partial charge in [0, 0.05) is 25.3 Å². The summed E-state index contributed by atoms with van der Waals surface area (Å²) >= 11 is 0. The number of aliphatic hydroxyl groups is 1. The molecule has 0 heterocycles. The Hall–Kier alpha value is -2.64. The standard InChI is InChI=1S/C21H28FN3O3/c1-14(25(2)17-8-6-16(22)7-9-17)4-3-11-24-13-20(27)15-5-10-19(26)18(12-15)21(23)28/h5-10,12,14,20,24,26-27H,3-4,11,13H2,1-2H3,(H2,23,28). The minimum Gasteiger partial charge on any atom is -0.507 e. The predicted octanol–water partition coefficient (Wildman–Crippen LogP) is 2.56. The number of hydrogen-bond donors (Lipinski definition) is 4. The number of halogens is 1. The van der Waals surface area contributed by atoms with Gasteiger partial charge in [0.05, 0.1) is 11.7 Å². The van der Waals surface area contributed by atoms with Gasteiger partial charge >= 0.3 is 0 Å². The molecule has 0 aromatic heterocycles. The molecule has 152 valence electrons. The number of nitrogens with one attached hydrogen (secondary N) is 1. The van der Waals surface area contributed by atoms with Crippen molar-refractivity contribution in [3.63, 3.8) is 0 Å². The number of primary amides is 1. The van der Waals surface area contributed by atoms with Crippen LogP contribution in [-0.4, -0.2) is 42.3 Å². The van der Waals surface area contributed by atoms with Crippen LogP contribution in [0.25, 0.3) is 0 Å². The van der Waals surface area contributed by atoms with Crippen LogP contribution in [0.1, 0.15) is 41.8 Å². The first-order valence-electron chi connectivity index (χ1n) is 9.29. The number of rotatable bonds is 10. The topological polar surface area (TPSA) is 98.8 Å². The number of phenols is 1. The molecule has 2 aromatic carbocycles. The Kier molecular flexibility index (Phi) is 7.78. The molecule has 0 bridgehead atoms. The van der Waals surface area contributed by atoms with Crippen LogP contribution in [0.3, 0.4) is 0 Å². The lowest BCUT2D eigenvalue weighted by Gasteiger charge is -2.27. The van der Waals surface area contributed by atoms with E-state index in [1.165, 1.54) is 24.3 Å². The van der Waals surface area contributed by atoms with Gasteiger partial charge in [-0.3, -0.25) is 4.79 Å². The summed E-state index contributed by atoms with van der Waals surface area (Å²) in [4.78, 5) is 13.4. The third-order valence-corrected chi connectivity index (χ3v) is 4.88. The summed E-state index contributed by atoms with van der Waals surface area (Å²) in [5.74, 6) is -1.18. The number of aromatic hydroxyl groups is 1. The minimum absolute atomic E-state index is 0.00537. The molecule has 2 atom stereocenters. The molecule has 2 rings (SSSR count). The van der Waals surface area contributed by atoms with E-state index in [-0.39, 0.29) is 23.2 Å². The fourth-order valence-corrected chi connectivity index (χ4v) is 2.96. The molecule has 6 nitrogen and oxygen atoms in total. The quantitative estimate of drug-likeness (QED) is 0.468. The Bertz CT molecular complexity index is 783. The number of anilines is 1. The third-order valence-electron chi connectivity index (χ3n) is 4.88. The van der Waals surface area contributed by atoms with E-state index in [9.17, 15) is 19.4 Å². The Balaban J connectivity index is 1.74. The number of nitrogens with zero attached hydrogens (tertiary/aromatic N) is 1. The van der Waals surface area contributed by atoms with Crippen molar-refractivity contribution in [2.24, 2.45) is 5.73 Å². The van der Waals surface area contributed by atoms with E-state index in [2.05, 4.69) is 17.1 Å². The second kappa shape index (κ2) is 10.1. The van der Waals surface area contributed by atoms with Crippen molar-refractivity contribution >= 4 is 11.6 Å². The number of benzene rings is 2. The van der Waals surface area contributed by atoms with Crippen molar-refractivity contribution in [3.8, 4) is 5.75 Å². The smallest absolute Gasteiger partial charge is 0.252 e. The molecule has 2 aromatic rings. The molecule has 5 N–H and O–H groups in total. The highest BCUT2D eigenvalue weighted by Crippen LogP contribution is 2.22. The van der Waals surface area contributed by atoms with Crippen molar-refractivity contribution in [3.05, 3.63) is 59.4 Å². The number of amides is 1. The van der Waals surface area contributed by atoms with Crippen molar-refractivity contribution in [2.75, 3.05) is 25.0 Å². The molecule has 0 spiro atoms. The molecule has 0 fully saturated rings. The summed E-state index contributed by atoms with van der Waals surface area (Å²) in [6.07, 6.45) is 1.03. The van der Waals surface area contributed by atoms with Crippen molar-refractivity contribution < 1.29 is 19.4 Å². The monoisotopic (exact) mass is 389 g/mol. The van der Waals surface area contributed by atoms with E-state index in [0.29, 0.717) is 12.1 Å². The van der Waals surface area contributed by atoms with Crippen molar-refractivity contribution in [2.45, 2.75) is 31.9 Å². The Morgan fingerprint density at radius 1 is 1.25 bits per heavy atom. The lowest BCUT2D eigenvalue weighted by atomic mass is 10.0. The van der Waals surface area contributed by atoms with E-state index >= 15 is 0 Å². The molecular weight excluding hydrogens is 361 g/mol. The molecular formula is C21H28FN3O3. The van der Waals surface area contributed by atoms with Gasteiger partial charge in [-0.1, -0.05) is 6.07 Å². The van der Waals surface area contributed by atoms with Crippen LogP contribution in [-0.2, 0) is 0 Å². The summed E-state index contributed by atoms with van der Waals surface area (Å²) < 4.78 is 13.0. The lowest BCUT2D eigenvalue weighted by Crippen LogP contribution is -2.30. The van der Waals surface area contributed by atoms with Gasteiger partial charge in [-0.25, -0.2) is 4.39 Å². The highest BCUT2D eigenvalue weighted by atomic mass is 19.1. The average Bonchev–Trinajstić information content (AvgIpc) is 2.67. The SMILES string of the molecule is CC(CCCNCC(O)c1ccc(O)c(C(N)=O)c1)N(C)c1ccc(F)cc1. The van der Waals surface area contributed by atoms with Crippen LogP contribution in [0.5, 0.6) is 5.75 Å². The molecule has 0 saturated carbocycles. The summed E-state index contributed by atoms with van der Waals surface area (Å²) in [7, 11) is 1.98. The number of hydrogen-bond acceptors (Lipinski definition) is 5. The maximum absolute atomic E-state index is 13.0. The molecule has 0 radical (unpaired) electrons. The number of nitrogens with two attached hydrogens (primary N) is 1. The summed E-state index contributed by atoms with van der Waals surface area (Å²) in [5, 5.41) is 23.0. The number of carbonyl (C=O) groups excluding carboxylic acids is 1. The van der Waals surface area contributed by atoms with Gasteiger partial charge in [-0.2, -0.15) is 0 Å². The van der Waals surface area contributed by atoms with Crippen molar-refractivity contribution in [1.29, 1.82) is 0 Å². The van der Waals surface area contributed by atoms with Gasteiger partial charge in [-0.15, -0.1) is 0 Å². The Morgan fingerprint density at radius 2 is 1.93 bits per heavy atom. The van der Waals surface area contributed by atoms with Crippen LogP contribution >= 0.6 is 0 Å². The van der Waals surface area contributed by atoms with E-state index in [0.717, 1.165) is 25.1 Å². The van der Waals surface area contributed by atoms with Crippen molar-refractivity contribution in [1.82, 2.24) is 5.32 Å². The molecule has 0 saturated heterocycles. The fraction of sp³-hybridized carbons (Fsp3) is 0.381. The third kappa shape index (κ3) is 5.94. The lowest BCUT2D eigenvalue weighted by molar-refractivity contribution is 0.0997. The second-order valence-corrected chi connectivity index (χ2v) is 6.94. The van der Waals surface area contributed by atoms with Crippen LogP contribution in [0.4, 0.5) is 10.1 Å². The second-order valence-electron chi connectivity index (χ2n) is 6.94. The van der Waals surface area contributed by atoms with E-state index in [1.807, 2.05) is 7.05 Å². The average molecular weight is 389 g/mol. The van der Waals surface area contributed by atoms with E-state index < -0.39 is 12.0 Å². The zero-order valence-electron chi connectivity index (χ0n) is 16.2.